The fourth-order valence-electron chi connectivity index (χ4n) is 3.25. The van der Waals surface area contributed by atoms with Gasteiger partial charge in [-0.3, -0.25) is 0 Å². The molecule has 2 aliphatic rings. The van der Waals surface area contributed by atoms with E-state index in [1.807, 2.05) is 7.05 Å². The molecule has 0 aliphatic heterocycles. The fraction of sp³-hybridized carbons (Fsp3) is 1.00. The zero-order valence-corrected chi connectivity index (χ0v) is 9.69. The highest BCUT2D eigenvalue weighted by atomic mass is 19.4. The predicted octanol–water partition coefficient (Wildman–Crippen LogP) is 3.35. The quantitative estimate of drug-likeness (QED) is 0.791. The van der Waals surface area contributed by atoms with Gasteiger partial charge in [0.1, 0.15) is 0 Å². The summed E-state index contributed by atoms with van der Waals surface area (Å²) in [4.78, 5) is 0. The first kappa shape index (κ1) is 12.2. The maximum atomic E-state index is 12.9. The average molecular weight is 235 g/mol. The topological polar surface area (TPSA) is 12.0 Å². The van der Waals surface area contributed by atoms with Crippen molar-refractivity contribution < 1.29 is 13.2 Å². The summed E-state index contributed by atoms with van der Waals surface area (Å²) in [7, 11) is 1.81. The molecule has 2 saturated carbocycles. The number of nitrogens with one attached hydrogen (secondary N) is 1. The summed E-state index contributed by atoms with van der Waals surface area (Å²) < 4.78 is 38.8. The second kappa shape index (κ2) is 4.55. The van der Waals surface area contributed by atoms with Crippen LogP contribution >= 0.6 is 0 Å². The van der Waals surface area contributed by atoms with Gasteiger partial charge in [-0.15, -0.1) is 0 Å². The number of hydrogen-bond donors (Lipinski definition) is 1. The Morgan fingerprint density at radius 2 is 1.69 bits per heavy atom. The molecule has 3 atom stereocenters. The fourth-order valence-corrected chi connectivity index (χ4v) is 3.25. The first-order chi connectivity index (χ1) is 7.54. The van der Waals surface area contributed by atoms with Crippen LogP contribution in [0, 0.1) is 17.8 Å². The van der Waals surface area contributed by atoms with Gasteiger partial charge in [-0.25, -0.2) is 0 Å². The molecule has 94 valence electrons. The second-order valence-corrected chi connectivity index (χ2v) is 5.25. The number of halogens is 3. The molecule has 0 aromatic heterocycles. The van der Waals surface area contributed by atoms with Gasteiger partial charge < -0.3 is 5.32 Å². The zero-order valence-electron chi connectivity index (χ0n) is 9.69. The molecule has 2 fully saturated rings. The summed E-state index contributed by atoms with van der Waals surface area (Å²) in [5, 5.41) is 3.14. The molecule has 2 rings (SSSR count). The van der Waals surface area contributed by atoms with Crippen LogP contribution < -0.4 is 5.32 Å². The Labute approximate surface area is 94.8 Å². The monoisotopic (exact) mass is 235 g/mol. The van der Waals surface area contributed by atoms with Crippen LogP contribution in [0.1, 0.15) is 38.5 Å². The minimum atomic E-state index is -4.00. The van der Waals surface area contributed by atoms with E-state index in [9.17, 15) is 13.2 Å². The minimum Gasteiger partial charge on any atom is -0.316 e. The van der Waals surface area contributed by atoms with E-state index in [1.54, 1.807) is 0 Å². The van der Waals surface area contributed by atoms with Crippen molar-refractivity contribution in [2.45, 2.75) is 50.7 Å². The van der Waals surface area contributed by atoms with E-state index in [0.29, 0.717) is 12.3 Å². The van der Waals surface area contributed by atoms with Gasteiger partial charge in [0.05, 0.1) is 5.92 Å². The van der Waals surface area contributed by atoms with E-state index in [2.05, 4.69) is 5.32 Å². The molecule has 0 radical (unpaired) electrons. The SMILES string of the molecule is CNC(C1CC1)C1CCCCC1C(F)(F)F. The van der Waals surface area contributed by atoms with Crippen molar-refractivity contribution in [3.8, 4) is 0 Å². The lowest BCUT2D eigenvalue weighted by molar-refractivity contribution is -0.199. The number of hydrogen-bond acceptors (Lipinski definition) is 1. The van der Waals surface area contributed by atoms with E-state index in [4.69, 9.17) is 0 Å². The van der Waals surface area contributed by atoms with Crippen molar-refractivity contribution in [2.24, 2.45) is 17.8 Å². The largest absolute Gasteiger partial charge is 0.392 e. The van der Waals surface area contributed by atoms with Crippen LogP contribution in [-0.2, 0) is 0 Å². The van der Waals surface area contributed by atoms with E-state index >= 15 is 0 Å². The van der Waals surface area contributed by atoms with E-state index < -0.39 is 12.1 Å². The standard InChI is InChI=1S/C12H20F3N/c1-16-11(8-6-7-8)9-4-2-3-5-10(9)12(13,14)15/h8-11,16H,2-7H2,1H3. The highest BCUT2D eigenvalue weighted by molar-refractivity contribution is 4.95. The molecule has 0 aromatic rings. The van der Waals surface area contributed by atoms with Gasteiger partial charge in [-0.1, -0.05) is 12.8 Å². The predicted molar refractivity (Wildman–Crippen MR) is 57.1 cm³/mol. The lowest BCUT2D eigenvalue weighted by atomic mass is 9.73. The molecule has 0 spiro atoms. The van der Waals surface area contributed by atoms with Crippen LogP contribution in [0.15, 0.2) is 0 Å². The van der Waals surface area contributed by atoms with Crippen molar-refractivity contribution in [2.75, 3.05) is 7.05 Å². The van der Waals surface area contributed by atoms with Crippen molar-refractivity contribution in [3.63, 3.8) is 0 Å². The molecule has 0 bridgehead atoms. The molecular formula is C12H20F3N. The van der Waals surface area contributed by atoms with Crippen LogP contribution in [-0.4, -0.2) is 19.3 Å². The molecule has 1 nitrogen and oxygen atoms in total. The maximum absolute atomic E-state index is 12.9. The Hall–Kier alpha value is -0.250. The van der Waals surface area contributed by atoms with Crippen LogP contribution in [0.3, 0.4) is 0 Å². The first-order valence-electron chi connectivity index (χ1n) is 6.28. The normalized spacial score (nSPS) is 33.8. The molecule has 2 aliphatic carbocycles. The first-order valence-corrected chi connectivity index (χ1v) is 6.28. The van der Waals surface area contributed by atoms with Gasteiger partial charge >= 0.3 is 6.18 Å². The highest BCUT2D eigenvalue weighted by Crippen LogP contribution is 2.47. The lowest BCUT2D eigenvalue weighted by Crippen LogP contribution is -2.45. The maximum Gasteiger partial charge on any atom is 0.392 e. The third kappa shape index (κ3) is 2.53. The molecule has 16 heavy (non-hydrogen) atoms. The Morgan fingerprint density at radius 1 is 1.06 bits per heavy atom. The summed E-state index contributed by atoms with van der Waals surface area (Å²) in [6.07, 6.45) is 0.976. The molecule has 1 N–H and O–H groups in total. The second-order valence-electron chi connectivity index (χ2n) is 5.25. The zero-order chi connectivity index (χ0) is 11.8. The molecule has 0 heterocycles. The summed E-state index contributed by atoms with van der Waals surface area (Å²) in [5.74, 6) is -0.761. The van der Waals surface area contributed by atoms with E-state index in [-0.39, 0.29) is 12.0 Å². The van der Waals surface area contributed by atoms with Gasteiger partial charge in [0.25, 0.3) is 0 Å². The Morgan fingerprint density at radius 3 is 2.19 bits per heavy atom. The van der Waals surface area contributed by atoms with Crippen molar-refractivity contribution in [1.82, 2.24) is 5.32 Å². The van der Waals surface area contributed by atoms with Crippen molar-refractivity contribution >= 4 is 0 Å². The van der Waals surface area contributed by atoms with Gasteiger partial charge in [0.15, 0.2) is 0 Å². The third-order valence-electron chi connectivity index (χ3n) is 4.16. The van der Waals surface area contributed by atoms with Crippen molar-refractivity contribution in [3.05, 3.63) is 0 Å². The van der Waals surface area contributed by atoms with Crippen LogP contribution in [0.2, 0.25) is 0 Å². The smallest absolute Gasteiger partial charge is 0.316 e. The van der Waals surface area contributed by atoms with Gasteiger partial charge in [-0.2, -0.15) is 13.2 Å². The summed E-state index contributed by atoms with van der Waals surface area (Å²) in [6, 6.07) is 0.0897. The molecule has 0 aromatic carbocycles. The molecule has 4 heteroatoms. The summed E-state index contributed by atoms with van der Waals surface area (Å²) in [5.41, 5.74) is 0. The van der Waals surface area contributed by atoms with Crippen LogP contribution in [0.4, 0.5) is 13.2 Å². The van der Waals surface area contributed by atoms with Gasteiger partial charge in [0.2, 0.25) is 0 Å². The van der Waals surface area contributed by atoms with Gasteiger partial charge in [-0.05, 0) is 44.6 Å². The highest BCUT2D eigenvalue weighted by Gasteiger charge is 2.50. The van der Waals surface area contributed by atoms with E-state index in [0.717, 1.165) is 32.1 Å². The lowest BCUT2D eigenvalue weighted by Gasteiger charge is -2.38. The van der Waals surface area contributed by atoms with E-state index in [1.165, 1.54) is 0 Å². The van der Waals surface area contributed by atoms with Crippen LogP contribution in [0.25, 0.3) is 0 Å². The Balaban J connectivity index is 2.08. The Bertz CT molecular complexity index is 235. The summed E-state index contributed by atoms with van der Waals surface area (Å²) >= 11 is 0. The molecule has 0 amide bonds. The number of alkyl halides is 3. The van der Waals surface area contributed by atoms with Gasteiger partial charge in [0, 0.05) is 6.04 Å². The third-order valence-corrected chi connectivity index (χ3v) is 4.16. The van der Waals surface area contributed by atoms with Crippen LogP contribution in [0.5, 0.6) is 0 Å². The molecule has 3 unspecified atom stereocenters. The molecule has 0 saturated heterocycles. The molecular weight excluding hydrogens is 215 g/mol. The number of rotatable bonds is 3. The van der Waals surface area contributed by atoms with Crippen molar-refractivity contribution in [1.29, 1.82) is 0 Å². The Kier molecular flexibility index (Phi) is 3.48. The average Bonchev–Trinajstić information content (AvgIpc) is 3.02. The minimum absolute atomic E-state index is 0.0897. The summed E-state index contributed by atoms with van der Waals surface area (Å²) in [6.45, 7) is 0.